The minimum absolute atomic E-state index is 0.0730. The normalized spacial score (nSPS) is 32.1. The van der Waals surface area contributed by atoms with Gasteiger partial charge >= 0.3 is 0 Å². The predicted molar refractivity (Wildman–Crippen MR) is 53.7 cm³/mol. The average Bonchev–Trinajstić information content (AvgIpc) is 2.15. The van der Waals surface area contributed by atoms with E-state index < -0.39 is 0 Å². The van der Waals surface area contributed by atoms with Gasteiger partial charge in [-0.25, -0.2) is 0 Å². The van der Waals surface area contributed by atoms with Crippen molar-refractivity contribution in [3.63, 3.8) is 0 Å². The monoisotopic (exact) mass is 190 g/mol. The van der Waals surface area contributed by atoms with Crippen LogP contribution in [0.2, 0.25) is 0 Å². The summed E-state index contributed by atoms with van der Waals surface area (Å²) in [7, 11) is 0. The molecule has 0 saturated heterocycles. The summed E-state index contributed by atoms with van der Waals surface area (Å²) in [4.78, 5) is 23.1. The number of fused-ring (bicyclic) bond motifs is 1. The average molecular weight is 190 g/mol. The molecule has 0 unspecified atom stereocenters. The summed E-state index contributed by atoms with van der Waals surface area (Å²) < 4.78 is 0. The molecule has 2 rings (SSSR count). The van der Waals surface area contributed by atoms with Gasteiger partial charge in [-0.15, -0.1) is 0 Å². The van der Waals surface area contributed by atoms with Crippen LogP contribution in [-0.2, 0) is 9.59 Å². The van der Waals surface area contributed by atoms with E-state index in [1.807, 2.05) is 0 Å². The third-order valence-electron chi connectivity index (χ3n) is 3.41. The second-order valence-electron chi connectivity index (χ2n) is 4.32. The molecule has 2 nitrogen and oxygen atoms in total. The van der Waals surface area contributed by atoms with Crippen LogP contribution in [0.1, 0.15) is 26.7 Å². The topological polar surface area (TPSA) is 34.1 Å². The Morgan fingerprint density at radius 3 is 1.64 bits per heavy atom. The molecule has 0 spiro atoms. The summed E-state index contributed by atoms with van der Waals surface area (Å²) in [6.45, 7) is 4.11. The summed E-state index contributed by atoms with van der Waals surface area (Å²) in [6, 6.07) is 0. The molecule has 0 aromatic rings. The van der Waals surface area contributed by atoms with Gasteiger partial charge in [0.2, 0.25) is 0 Å². The van der Waals surface area contributed by atoms with Crippen LogP contribution in [0.4, 0.5) is 0 Å². The molecule has 2 heteroatoms. The third-order valence-corrected chi connectivity index (χ3v) is 3.41. The highest BCUT2D eigenvalue weighted by atomic mass is 16.1. The Morgan fingerprint density at radius 1 is 0.929 bits per heavy atom. The van der Waals surface area contributed by atoms with Gasteiger partial charge in [0, 0.05) is 11.8 Å². The lowest BCUT2D eigenvalue weighted by Gasteiger charge is -2.31. The lowest BCUT2D eigenvalue weighted by molar-refractivity contribution is -0.129. The zero-order valence-corrected chi connectivity index (χ0v) is 8.54. The maximum Gasteiger partial charge on any atom is 0.159 e. The summed E-state index contributed by atoms with van der Waals surface area (Å²) in [5.41, 5.74) is 2.56. The molecular weight excluding hydrogens is 176 g/mol. The van der Waals surface area contributed by atoms with Crippen LogP contribution >= 0.6 is 0 Å². The van der Waals surface area contributed by atoms with E-state index in [-0.39, 0.29) is 23.4 Å². The molecule has 2 atom stereocenters. The fraction of sp³-hybridized carbons (Fsp3) is 0.500. The summed E-state index contributed by atoms with van der Waals surface area (Å²) >= 11 is 0. The van der Waals surface area contributed by atoms with Crippen molar-refractivity contribution in [2.75, 3.05) is 0 Å². The van der Waals surface area contributed by atoms with Crippen LogP contribution in [0, 0.1) is 11.8 Å². The first-order valence-corrected chi connectivity index (χ1v) is 5.00. The fourth-order valence-electron chi connectivity index (χ4n) is 2.30. The highest BCUT2D eigenvalue weighted by Crippen LogP contribution is 2.37. The van der Waals surface area contributed by atoms with Gasteiger partial charge in [0.1, 0.15) is 0 Å². The molecule has 0 saturated carbocycles. The smallest absolute Gasteiger partial charge is 0.159 e. The Hall–Kier alpha value is -1.18. The molecule has 0 bridgehead atoms. The summed E-state index contributed by atoms with van der Waals surface area (Å²) in [5.74, 6) is 0.107. The maximum atomic E-state index is 11.6. The van der Waals surface area contributed by atoms with Gasteiger partial charge in [-0.3, -0.25) is 9.59 Å². The highest BCUT2D eigenvalue weighted by molar-refractivity contribution is 6.07. The van der Waals surface area contributed by atoms with Gasteiger partial charge in [-0.1, -0.05) is 11.1 Å². The number of allylic oxidation sites excluding steroid dienone is 4. The Balaban J connectivity index is 2.35. The first-order chi connectivity index (χ1) is 6.59. The molecule has 0 N–H and O–H groups in total. The van der Waals surface area contributed by atoms with Crippen LogP contribution in [0.3, 0.4) is 0 Å². The molecule has 0 aromatic heterocycles. The van der Waals surface area contributed by atoms with E-state index >= 15 is 0 Å². The molecular formula is C12H14O2. The van der Waals surface area contributed by atoms with Gasteiger partial charge in [0.25, 0.3) is 0 Å². The number of hydrogen-bond donors (Lipinski definition) is 0. The number of carbonyl (C=O) groups excluding carboxylic acids is 2. The quantitative estimate of drug-likeness (QED) is 0.548. The van der Waals surface area contributed by atoms with Gasteiger partial charge in [0.15, 0.2) is 11.6 Å². The number of rotatable bonds is 0. The van der Waals surface area contributed by atoms with E-state index in [1.54, 1.807) is 0 Å². The lowest BCUT2D eigenvalue weighted by atomic mass is 9.70. The molecule has 0 aliphatic heterocycles. The predicted octanol–water partition coefficient (Wildman–Crippen LogP) is 2.06. The van der Waals surface area contributed by atoms with E-state index in [2.05, 4.69) is 13.8 Å². The zero-order chi connectivity index (χ0) is 10.3. The van der Waals surface area contributed by atoms with Crippen LogP contribution in [0.25, 0.3) is 0 Å². The van der Waals surface area contributed by atoms with Gasteiger partial charge in [-0.2, -0.15) is 0 Å². The van der Waals surface area contributed by atoms with Crippen LogP contribution in [-0.4, -0.2) is 11.6 Å². The second-order valence-corrected chi connectivity index (χ2v) is 4.32. The van der Waals surface area contributed by atoms with Crippen LogP contribution < -0.4 is 0 Å². The van der Waals surface area contributed by atoms with E-state index in [0.29, 0.717) is 0 Å². The Kier molecular flexibility index (Phi) is 2.14. The zero-order valence-electron chi connectivity index (χ0n) is 8.54. The number of ketones is 2. The Labute approximate surface area is 83.7 Å². The lowest BCUT2D eigenvalue weighted by Crippen LogP contribution is -2.34. The van der Waals surface area contributed by atoms with Gasteiger partial charge < -0.3 is 0 Å². The number of hydrogen-bond acceptors (Lipinski definition) is 2. The SMILES string of the molecule is CC1=C(C)C[C@@H]2C(=O)C=CC(=O)[C@H]2C1. The first kappa shape index (κ1) is 9.38. The highest BCUT2D eigenvalue weighted by Gasteiger charge is 2.37. The molecule has 2 aliphatic carbocycles. The van der Waals surface area contributed by atoms with Crippen LogP contribution in [0.5, 0.6) is 0 Å². The van der Waals surface area contributed by atoms with E-state index in [9.17, 15) is 9.59 Å². The van der Waals surface area contributed by atoms with E-state index in [0.717, 1.165) is 12.8 Å². The molecule has 14 heavy (non-hydrogen) atoms. The minimum atomic E-state index is -0.0730. The third kappa shape index (κ3) is 1.35. The summed E-state index contributed by atoms with van der Waals surface area (Å²) in [6.07, 6.45) is 4.42. The standard InChI is InChI=1S/C12H14O2/c1-7-5-9-10(6-8(7)2)12(14)4-3-11(9)13/h3-4,9-10H,5-6H2,1-2H3/t9-,10-/m0/s1. The molecule has 0 fully saturated rings. The van der Waals surface area contributed by atoms with Crippen molar-refractivity contribution >= 4 is 11.6 Å². The maximum absolute atomic E-state index is 11.6. The minimum Gasteiger partial charge on any atom is -0.295 e. The molecule has 2 aliphatic rings. The second kappa shape index (κ2) is 3.19. The molecule has 74 valence electrons. The Morgan fingerprint density at radius 2 is 1.29 bits per heavy atom. The van der Waals surface area contributed by atoms with Crippen molar-refractivity contribution in [3.8, 4) is 0 Å². The van der Waals surface area contributed by atoms with Crippen molar-refractivity contribution < 1.29 is 9.59 Å². The van der Waals surface area contributed by atoms with Crippen molar-refractivity contribution in [2.45, 2.75) is 26.7 Å². The molecule has 0 amide bonds. The number of carbonyl (C=O) groups is 2. The van der Waals surface area contributed by atoms with Crippen molar-refractivity contribution in [3.05, 3.63) is 23.3 Å². The largest absolute Gasteiger partial charge is 0.295 e. The van der Waals surface area contributed by atoms with Gasteiger partial charge in [0.05, 0.1) is 0 Å². The molecule has 0 aromatic carbocycles. The molecule has 0 heterocycles. The van der Waals surface area contributed by atoms with Crippen molar-refractivity contribution in [1.29, 1.82) is 0 Å². The fourth-order valence-corrected chi connectivity index (χ4v) is 2.30. The van der Waals surface area contributed by atoms with Crippen molar-refractivity contribution in [2.24, 2.45) is 11.8 Å². The van der Waals surface area contributed by atoms with E-state index in [1.165, 1.54) is 23.3 Å². The Bertz CT molecular complexity index is 327. The van der Waals surface area contributed by atoms with E-state index in [4.69, 9.17) is 0 Å². The van der Waals surface area contributed by atoms with Gasteiger partial charge in [-0.05, 0) is 38.8 Å². The first-order valence-electron chi connectivity index (χ1n) is 5.00. The van der Waals surface area contributed by atoms with Crippen molar-refractivity contribution in [1.82, 2.24) is 0 Å². The summed E-state index contributed by atoms with van der Waals surface area (Å²) in [5, 5.41) is 0. The van der Waals surface area contributed by atoms with Crippen LogP contribution in [0.15, 0.2) is 23.3 Å². The molecule has 0 radical (unpaired) electrons.